The maximum absolute atomic E-state index is 12.9. The van der Waals surface area contributed by atoms with Crippen LogP contribution < -0.4 is 0 Å². The molecule has 0 bridgehead atoms. The smallest absolute Gasteiger partial charge is 0.370 e. The lowest BCUT2D eigenvalue weighted by molar-refractivity contribution is -0.188. The fourth-order valence-electron chi connectivity index (χ4n) is 2.53. The Bertz CT molecular complexity index is 597. The summed E-state index contributed by atoms with van der Waals surface area (Å²) in [6, 6.07) is 3.70. The zero-order valence-electron chi connectivity index (χ0n) is 11.1. The number of rotatable bonds is 3. The van der Waals surface area contributed by atoms with Gasteiger partial charge in [-0.3, -0.25) is 4.98 Å². The minimum absolute atomic E-state index is 0.0193. The first-order valence-corrected chi connectivity index (χ1v) is 6.65. The molecule has 1 aliphatic heterocycles. The van der Waals surface area contributed by atoms with E-state index in [9.17, 15) is 13.2 Å². The van der Waals surface area contributed by atoms with Crippen molar-refractivity contribution in [3.8, 4) is 0 Å². The van der Waals surface area contributed by atoms with E-state index in [-0.39, 0.29) is 18.9 Å². The number of pyridine rings is 1. The molecular weight excluding hydrogens is 283 g/mol. The van der Waals surface area contributed by atoms with E-state index in [0.29, 0.717) is 6.42 Å². The number of hydrogen-bond acceptors (Lipinski definition) is 3. The summed E-state index contributed by atoms with van der Waals surface area (Å²) < 4.78 is 44.0. The first-order valence-electron chi connectivity index (χ1n) is 6.65. The summed E-state index contributed by atoms with van der Waals surface area (Å²) in [6.07, 6.45) is 0.159. The van der Waals surface area contributed by atoms with Crippen LogP contribution >= 0.6 is 0 Å². The van der Waals surface area contributed by atoms with Crippen molar-refractivity contribution in [2.75, 3.05) is 6.61 Å². The molecule has 0 amide bonds. The van der Waals surface area contributed by atoms with Gasteiger partial charge in [-0.1, -0.05) is 0 Å². The minimum atomic E-state index is -4.26. The molecule has 1 N–H and O–H groups in total. The van der Waals surface area contributed by atoms with Gasteiger partial charge in [0.2, 0.25) is 0 Å². The Morgan fingerprint density at radius 3 is 2.76 bits per heavy atom. The van der Waals surface area contributed by atoms with E-state index >= 15 is 0 Å². The lowest BCUT2D eigenvalue weighted by Crippen LogP contribution is -2.26. The van der Waals surface area contributed by atoms with Crippen molar-refractivity contribution in [2.45, 2.75) is 25.1 Å². The van der Waals surface area contributed by atoms with E-state index < -0.39 is 18.2 Å². The normalized spacial score (nSPS) is 22.6. The van der Waals surface area contributed by atoms with Gasteiger partial charge in [0.1, 0.15) is 11.9 Å². The molecule has 0 aromatic carbocycles. The van der Waals surface area contributed by atoms with Gasteiger partial charge in [0.15, 0.2) is 0 Å². The zero-order chi connectivity index (χ0) is 14.9. The largest absolute Gasteiger partial charge is 0.394 e. The Labute approximate surface area is 119 Å². The van der Waals surface area contributed by atoms with Gasteiger partial charge in [-0.25, -0.2) is 4.98 Å². The monoisotopic (exact) mass is 297 g/mol. The van der Waals surface area contributed by atoms with Crippen molar-refractivity contribution >= 4 is 0 Å². The molecule has 7 heteroatoms. The number of alkyl halides is 3. The van der Waals surface area contributed by atoms with E-state index in [4.69, 9.17) is 4.74 Å². The Morgan fingerprint density at radius 2 is 2.05 bits per heavy atom. The number of nitrogens with one attached hydrogen (secondary N) is 1. The fourth-order valence-corrected chi connectivity index (χ4v) is 2.53. The van der Waals surface area contributed by atoms with Crippen LogP contribution in [0.15, 0.2) is 30.7 Å². The highest BCUT2D eigenvalue weighted by molar-refractivity contribution is 5.19. The van der Waals surface area contributed by atoms with E-state index in [1.54, 1.807) is 18.6 Å². The third-order valence-corrected chi connectivity index (χ3v) is 3.57. The second-order valence-corrected chi connectivity index (χ2v) is 5.05. The highest BCUT2D eigenvalue weighted by Crippen LogP contribution is 2.43. The molecule has 0 spiro atoms. The molecule has 0 saturated carbocycles. The predicted molar refractivity (Wildman–Crippen MR) is 68.5 cm³/mol. The molecule has 0 aliphatic carbocycles. The number of aromatic nitrogens is 3. The highest BCUT2D eigenvalue weighted by Gasteiger charge is 2.49. The fraction of sp³-hybridized carbons (Fsp3) is 0.429. The van der Waals surface area contributed by atoms with Crippen LogP contribution in [0.2, 0.25) is 0 Å². The van der Waals surface area contributed by atoms with Gasteiger partial charge < -0.3 is 9.72 Å². The summed E-state index contributed by atoms with van der Waals surface area (Å²) in [5.41, 5.74) is 1.77. The average Bonchev–Trinajstić information content (AvgIpc) is 3.07. The number of nitrogens with zero attached hydrogens (tertiary/aromatic N) is 2. The average molecular weight is 297 g/mol. The zero-order valence-corrected chi connectivity index (χ0v) is 11.1. The SMILES string of the molecule is FC(F)(F)C1CCO[C@H]1c1ncc(Cc2ccncc2)[nH]1. The molecule has 1 saturated heterocycles. The summed E-state index contributed by atoms with van der Waals surface area (Å²) >= 11 is 0. The topological polar surface area (TPSA) is 50.8 Å². The van der Waals surface area contributed by atoms with Crippen LogP contribution in [-0.4, -0.2) is 27.7 Å². The van der Waals surface area contributed by atoms with Crippen LogP contribution in [0, 0.1) is 5.92 Å². The summed E-state index contributed by atoms with van der Waals surface area (Å²) in [6.45, 7) is 0.106. The maximum atomic E-state index is 12.9. The summed E-state index contributed by atoms with van der Waals surface area (Å²) in [7, 11) is 0. The standard InChI is InChI=1S/C14H14F3N3O/c15-14(16,17)11-3-6-21-12(11)13-19-8-10(20-13)7-9-1-4-18-5-2-9/h1-2,4-5,8,11-12H,3,6-7H2,(H,19,20)/t11?,12-/m1/s1. The van der Waals surface area contributed by atoms with Gasteiger partial charge in [-0.05, 0) is 24.1 Å². The molecule has 4 nitrogen and oxygen atoms in total. The van der Waals surface area contributed by atoms with Crippen LogP contribution in [-0.2, 0) is 11.2 Å². The number of hydrogen-bond donors (Lipinski definition) is 1. The molecule has 3 rings (SSSR count). The van der Waals surface area contributed by atoms with Crippen molar-refractivity contribution < 1.29 is 17.9 Å². The molecule has 3 heterocycles. The minimum Gasteiger partial charge on any atom is -0.370 e. The number of aromatic amines is 1. The Balaban J connectivity index is 1.76. The second kappa shape index (κ2) is 5.48. The van der Waals surface area contributed by atoms with Crippen LogP contribution in [0.25, 0.3) is 0 Å². The van der Waals surface area contributed by atoms with E-state index in [0.717, 1.165) is 11.3 Å². The number of halogens is 3. The van der Waals surface area contributed by atoms with Gasteiger partial charge >= 0.3 is 6.18 Å². The summed E-state index contributed by atoms with van der Waals surface area (Å²) in [5, 5.41) is 0. The molecule has 2 aromatic rings. The molecule has 0 radical (unpaired) electrons. The Kier molecular flexibility index (Phi) is 3.67. The van der Waals surface area contributed by atoms with Crippen molar-refractivity contribution in [3.63, 3.8) is 0 Å². The summed E-state index contributed by atoms with van der Waals surface area (Å²) in [4.78, 5) is 10.9. The Hall–Kier alpha value is -1.89. The van der Waals surface area contributed by atoms with Crippen LogP contribution in [0.1, 0.15) is 29.6 Å². The molecule has 112 valence electrons. The predicted octanol–water partition coefficient (Wildman–Crippen LogP) is 3.04. The first-order chi connectivity index (χ1) is 10.0. The number of imidazole rings is 1. The van der Waals surface area contributed by atoms with Crippen molar-refractivity contribution in [1.82, 2.24) is 15.0 Å². The van der Waals surface area contributed by atoms with Gasteiger partial charge in [0.25, 0.3) is 0 Å². The quantitative estimate of drug-likeness (QED) is 0.947. The first kappa shape index (κ1) is 14.1. The van der Waals surface area contributed by atoms with Crippen LogP contribution in [0.4, 0.5) is 13.2 Å². The van der Waals surface area contributed by atoms with Crippen LogP contribution in [0.5, 0.6) is 0 Å². The van der Waals surface area contributed by atoms with Gasteiger partial charge in [0, 0.05) is 37.3 Å². The van der Waals surface area contributed by atoms with E-state index in [1.165, 1.54) is 0 Å². The Morgan fingerprint density at radius 1 is 1.29 bits per heavy atom. The van der Waals surface area contributed by atoms with E-state index in [2.05, 4.69) is 15.0 Å². The molecule has 1 fully saturated rings. The van der Waals surface area contributed by atoms with E-state index in [1.807, 2.05) is 12.1 Å². The van der Waals surface area contributed by atoms with Crippen molar-refractivity contribution in [2.24, 2.45) is 5.92 Å². The lowest BCUT2D eigenvalue weighted by atomic mass is 10.0. The molecular formula is C14H14F3N3O. The molecule has 1 unspecified atom stereocenters. The number of H-pyrrole nitrogens is 1. The third kappa shape index (κ3) is 3.07. The maximum Gasteiger partial charge on any atom is 0.394 e. The summed E-state index contributed by atoms with van der Waals surface area (Å²) in [5.74, 6) is -1.24. The third-order valence-electron chi connectivity index (χ3n) is 3.57. The number of ether oxygens (including phenoxy) is 1. The molecule has 21 heavy (non-hydrogen) atoms. The van der Waals surface area contributed by atoms with Crippen molar-refractivity contribution in [1.29, 1.82) is 0 Å². The van der Waals surface area contributed by atoms with Crippen molar-refractivity contribution in [3.05, 3.63) is 47.8 Å². The molecule has 1 aliphatic rings. The van der Waals surface area contributed by atoms with Gasteiger partial charge in [-0.2, -0.15) is 13.2 Å². The van der Waals surface area contributed by atoms with Gasteiger partial charge in [0.05, 0.1) is 5.92 Å². The molecule has 2 atom stereocenters. The molecule has 2 aromatic heterocycles. The van der Waals surface area contributed by atoms with Gasteiger partial charge in [-0.15, -0.1) is 0 Å². The second-order valence-electron chi connectivity index (χ2n) is 5.05. The van der Waals surface area contributed by atoms with Crippen LogP contribution in [0.3, 0.4) is 0 Å². The highest BCUT2D eigenvalue weighted by atomic mass is 19.4. The lowest BCUT2D eigenvalue weighted by Gasteiger charge is -2.19.